The van der Waals surface area contributed by atoms with Gasteiger partial charge in [0.05, 0.1) is 3.79 Å². The molecule has 0 spiro atoms. The Hall–Kier alpha value is -0.840. The Morgan fingerprint density at radius 1 is 1.33 bits per heavy atom. The van der Waals surface area contributed by atoms with E-state index in [9.17, 15) is 0 Å². The molecule has 96 valence electrons. The van der Waals surface area contributed by atoms with E-state index < -0.39 is 0 Å². The Bertz CT molecular complexity index is 512. The molecule has 0 amide bonds. The lowest BCUT2D eigenvalue weighted by Crippen LogP contribution is -2.12. The van der Waals surface area contributed by atoms with E-state index in [0.29, 0.717) is 12.6 Å². The monoisotopic (exact) mass is 325 g/mol. The SMILES string of the molecule is CNC(C)c1cccc(OCc2ccc(Br)s2)c1. The normalized spacial score (nSPS) is 12.4. The molecular formula is C14H16BrNOS. The molecule has 4 heteroatoms. The van der Waals surface area contributed by atoms with Crippen LogP contribution < -0.4 is 10.1 Å². The van der Waals surface area contributed by atoms with E-state index in [-0.39, 0.29) is 0 Å². The third kappa shape index (κ3) is 3.57. The minimum Gasteiger partial charge on any atom is -0.488 e. The molecule has 18 heavy (non-hydrogen) atoms. The smallest absolute Gasteiger partial charge is 0.122 e. The summed E-state index contributed by atoms with van der Waals surface area (Å²) in [6, 6.07) is 12.7. The summed E-state index contributed by atoms with van der Waals surface area (Å²) in [6.45, 7) is 2.75. The molecule has 0 fully saturated rings. The van der Waals surface area contributed by atoms with Crippen molar-refractivity contribution in [3.63, 3.8) is 0 Å². The zero-order valence-electron chi connectivity index (χ0n) is 10.4. The Balaban J connectivity index is 2.01. The number of nitrogens with one attached hydrogen (secondary N) is 1. The second-order valence-electron chi connectivity index (χ2n) is 4.08. The summed E-state index contributed by atoms with van der Waals surface area (Å²) < 4.78 is 6.94. The van der Waals surface area contributed by atoms with E-state index in [4.69, 9.17) is 4.74 Å². The van der Waals surface area contributed by atoms with Crippen molar-refractivity contribution in [3.05, 3.63) is 50.6 Å². The third-order valence-electron chi connectivity index (χ3n) is 2.80. The zero-order chi connectivity index (χ0) is 13.0. The number of benzene rings is 1. The average molecular weight is 326 g/mol. The van der Waals surface area contributed by atoms with E-state index in [2.05, 4.69) is 46.4 Å². The fraction of sp³-hybridized carbons (Fsp3) is 0.286. The summed E-state index contributed by atoms with van der Waals surface area (Å²) in [4.78, 5) is 1.22. The summed E-state index contributed by atoms with van der Waals surface area (Å²) in [5, 5.41) is 3.23. The van der Waals surface area contributed by atoms with E-state index in [1.54, 1.807) is 11.3 Å². The molecule has 0 radical (unpaired) electrons. The molecular weight excluding hydrogens is 310 g/mol. The lowest BCUT2D eigenvalue weighted by molar-refractivity contribution is 0.309. The second-order valence-corrected chi connectivity index (χ2v) is 6.62. The second kappa shape index (κ2) is 6.36. The Labute approximate surface area is 120 Å². The van der Waals surface area contributed by atoms with Crippen LogP contribution in [0.3, 0.4) is 0 Å². The molecule has 0 saturated carbocycles. The van der Waals surface area contributed by atoms with Gasteiger partial charge in [-0.25, -0.2) is 0 Å². The van der Waals surface area contributed by atoms with Crippen LogP contribution in [0.4, 0.5) is 0 Å². The van der Waals surface area contributed by atoms with Gasteiger partial charge in [-0.05, 0) is 59.7 Å². The summed E-state index contributed by atoms with van der Waals surface area (Å²) in [5.41, 5.74) is 1.24. The van der Waals surface area contributed by atoms with Crippen LogP contribution in [0.5, 0.6) is 5.75 Å². The van der Waals surface area contributed by atoms with Gasteiger partial charge in [0.15, 0.2) is 0 Å². The van der Waals surface area contributed by atoms with Crippen LogP contribution in [-0.4, -0.2) is 7.05 Å². The largest absolute Gasteiger partial charge is 0.488 e. The maximum absolute atomic E-state index is 5.80. The minimum absolute atomic E-state index is 0.337. The molecule has 1 atom stereocenters. The molecule has 1 aromatic heterocycles. The van der Waals surface area contributed by atoms with Gasteiger partial charge in [0, 0.05) is 10.9 Å². The van der Waals surface area contributed by atoms with Crippen LogP contribution >= 0.6 is 27.3 Å². The lowest BCUT2D eigenvalue weighted by Gasteiger charge is -2.12. The number of rotatable bonds is 5. The van der Waals surface area contributed by atoms with Gasteiger partial charge < -0.3 is 10.1 Å². The molecule has 0 aliphatic heterocycles. The third-order valence-corrected chi connectivity index (χ3v) is 4.40. The molecule has 2 rings (SSSR count). The zero-order valence-corrected chi connectivity index (χ0v) is 12.8. The van der Waals surface area contributed by atoms with Gasteiger partial charge in [-0.3, -0.25) is 0 Å². The number of hydrogen-bond acceptors (Lipinski definition) is 3. The molecule has 0 aliphatic carbocycles. The van der Waals surface area contributed by atoms with E-state index >= 15 is 0 Å². The van der Waals surface area contributed by atoms with Crippen LogP contribution in [0.15, 0.2) is 40.2 Å². The van der Waals surface area contributed by atoms with Crippen molar-refractivity contribution in [2.24, 2.45) is 0 Å². The fourth-order valence-corrected chi connectivity index (χ4v) is 3.02. The fourth-order valence-electron chi connectivity index (χ4n) is 1.62. The molecule has 0 bridgehead atoms. The lowest BCUT2D eigenvalue weighted by atomic mass is 10.1. The highest BCUT2D eigenvalue weighted by molar-refractivity contribution is 9.11. The van der Waals surface area contributed by atoms with Gasteiger partial charge in [-0.15, -0.1) is 11.3 Å². The summed E-state index contributed by atoms with van der Waals surface area (Å²) in [5.74, 6) is 0.916. The Morgan fingerprint density at radius 3 is 2.83 bits per heavy atom. The van der Waals surface area contributed by atoms with Crippen molar-refractivity contribution in [1.29, 1.82) is 0 Å². The molecule has 1 unspecified atom stereocenters. The first-order chi connectivity index (χ1) is 8.69. The van der Waals surface area contributed by atoms with Crippen LogP contribution in [-0.2, 0) is 6.61 Å². The van der Waals surface area contributed by atoms with Crippen LogP contribution in [0.2, 0.25) is 0 Å². The molecule has 1 heterocycles. The van der Waals surface area contributed by atoms with E-state index in [0.717, 1.165) is 9.54 Å². The average Bonchev–Trinajstić information content (AvgIpc) is 2.81. The van der Waals surface area contributed by atoms with Crippen molar-refractivity contribution >= 4 is 27.3 Å². The highest BCUT2D eigenvalue weighted by atomic mass is 79.9. The highest BCUT2D eigenvalue weighted by Gasteiger charge is 2.04. The Morgan fingerprint density at radius 2 is 2.17 bits per heavy atom. The standard InChI is InChI=1S/C14H16BrNOS/c1-10(16-2)11-4-3-5-12(8-11)17-9-13-6-7-14(15)18-13/h3-8,10,16H,9H2,1-2H3. The molecule has 1 aromatic carbocycles. The number of thiophene rings is 1. The van der Waals surface area contributed by atoms with Crippen molar-refractivity contribution in [2.75, 3.05) is 7.05 Å². The number of ether oxygens (including phenoxy) is 1. The first-order valence-electron chi connectivity index (χ1n) is 5.83. The minimum atomic E-state index is 0.337. The molecule has 0 saturated heterocycles. The van der Waals surface area contributed by atoms with Gasteiger partial charge in [0.25, 0.3) is 0 Å². The van der Waals surface area contributed by atoms with E-state index in [1.807, 2.05) is 25.2 Å². The van der Waals surface area contributed by atoms with Gasteiger partial charge >= 0.3 is 0 Å². The van der Waals surface area contributed by atoms with Crippen LogP contribution in [0, 0.1) is 0 Å². The van der Waals surface area contributed by atoms with Gasteiger partial charge in [-0.1, -0.05) is 12.1 Å². The van der Waals surface area contributed by atoms with Gasteiger partial charge in [0.1, 0.15) is 12.4 Å². The number of hydrogen-bond donors (Lipinski definition) is 1. The van der Waals surface area contributed by atoms with Crippen molar-refractivity contribution in [2.45, 2.75) is 19.6 Å². The summed E-state index contributed by atoms with van der Waals surface area (Å²) >= 11 is 5.15. The molecule has 2 nitrogen and oxygen atoms in total. The Kier molecular flexibility index (Phi) is 4.80. The maximum atomic E-state index is 5.80. The topological polar surface area (TPSA) is 21.3 Å². The quantitative estimate of drug-likeness (QED) is 0.881. The molecule has 0 aliphatic rings. The molecule has 1 N–H and O–H groups in total. The predicted molar refractivity (Wildman–Crippen MR) is 80.3 cm³/mol. The first kappa shape index (κ1) is 13.6. The first-order valence-corrected chi connectivity index (χ1v) is 7.44. The number of halogens is 1. The summed E-state index contributed by atoms with van der Waals surface area (Å²) in [7, 11) is 1.96. The van der Waals surface area contributed by atoms with Gasteiger partial charge in [0.2, 0.25) is 0 Å². The van der Waals surface area contributed by atoms with E-state index in [1.165, 1.54) is 10.4 Å². The van der Waals surface area contributed by atoms with Crippen molar-refractivity contribution < 1.29 is 4.74 Å². The van der Waals surface area contributed by atoms with Crippen molar-refractivity contribution in [3.8, 4) is 5.75 Å². The van der Waals surface area contributed by atoms with Crippen LogP contribution in [0.25, 0.3) is 0 Å². The highest BCUT2D eigenvalue weighted by Crippen LogP contribution is 2.24. The predicted octanol–water partition coefficient (Wildman–Crippen LogP) is 4.37. The maximum Gasteiger partial charge on any atom is 0.122 e. The van der Waals surface area contributed by atoms with Crippen LogP contribution in [0.1, 0.15) is 23.4 Å². The van der Waals surface area contributed by atoms with Gasteiger partial charge in [-0.2, -0.15) is 0 Å². The van der Waals surface area contributed by atoms with Crippen molar-refractivity contribution in [1.82, 2.24) is 5.32 Å². The summed E-state index contributed by atoms with van der Waals surface area (Å²) in [6.07, 6.45) is 0. The molecule has 2 aromatic rings.